The summed E-state index contributed by atoms with van der Waals surface area (Å²) in [7, 11) is 0. The van der Waals surface area contributed by atoms with E-state index >= 15 is 0 Å². The Hall–Kier alpha value is -2.44. The molecule has 1 N–H and O–H groups in total. The standard InChI is InChI=1S/C20H24N2O4/c1-3-24-18-10-9-15-7-4-5-8-16(15)17(18)14-21-22-19(23)13-20(2)25-11-6-12-26-20/h4-5,7-10,14H,3,6,11-13H2,1-2H3,(H,22,23)/b21-14-. The second kappa shape index (κ2) is 8.29. The number of nitrogens with zero attached hydrogens (tertiary/aromatic N) is 1. The monoisotopic (exact) mass is 356 g/mol. The Morgan fingerprint density at radius 2 is 2.04 bits per heavy atom. The lowest BCUT2D eigenvalue weighted by Gasteiger charge is -2.33. The molecule has 6 nitrogen and oxygen atoms in total. The minimum atomic E-state index is -0.881. The van der Waals surface area contributed by atoms with Gasteiger partial charge in [-0.25, -0.2) is 5.43 Å². The summed E-state index contributed by atoms with van der Waals surface area (Å²) in [5.74, 6) is -0.410. The smallest absolute Gasteiger partial charge is 0.245 e. The molecule has 2 aromatic carbocycles. The van der Waals surface area contributed by atoms with E-state index in [1.54, 1.807) is 13.1 Å². The Labute approximate surface area is 153 Å². The molecule has 0 bridgehead atoms. The van der Waals surface area contributed by atoms with Gasteiger partial charge in [-0.15, -0.1) is 0 Å². The number of carbonyl (C=O) groups excluding carboxylic acids is 1. The number of fused-ring (bicyclic) bond motifs is 1. The number of hydrogen-bond donors (Lipinski definition) is 1. The second-order valence-electron chi connectivity index (χ2n) is 6.29. The van der Waals surface area contributed by atoms with E-state index < -0.39 is 5.79 Å². The number of hydrogen-bond acceptors (Lipinski definition) is 5. The first-order valence-electron chi connectivity index (χ1n) is 8.86. The topological polar surface area (TPSA) is 69.2 Å². The highest BCUT2D eigenvalue weighted by Crippen LogP contribution is 2.27. The Kier molecular flexibility index (Phi) is 5.85. The van der Waals surface area contributed by atoms with Crippen LogP contribution in [0.1, 0.15) is 32.3 Å². The number of amides is 1. The zero-order valence-corrected chi connectivity index (χ0v) is 15.2. The van der Waals surface area contributed by atoms with E-state index in [4.69, 9.17) is 14.2 Å². The van der Waals surface area contributed by atoms with E-state index in [9.17, 15) is 4.79 Å². The average Bonchev–Trinajstić information content (AvgIpc) is 2.63. The summed E-state index contributed by atoms with van der Waals surface area (Å²) in [6, 6.07) is 11.9. The van der Waals surface area contributed by atoms with Gasteiger partial charge in [0, 0.05) is 5.56 Å². The van der Waals surface area contributed by atoms with E-state index in [0.717, 1.165) is 28.5 Å². The molecule has 1 aliphatic rings. The molecule has 0 atom stereocenters. The van der Waals surface area contributed by atoms with Crippen molar-refractivity contribution in [3.8, 4) is 5.75 Å². The van der Waals surface area contributed by atoms with Crippen LogP contribution < -0.4 is 10.2 Å². The van der Waals surface area contributed by atoms with Crippen LogP contribution in [0, 0.1) is 0 Å². The number of hydrazone groups is 1. The SMILES string of the molecule is CCOc1ccc2ccccc2c1/C=N\NC(=O)CC1(C)OCCCO1. The maximum atomic E-state index is 12.2. The maximum Gasteiger partial charge on any atom is 0.245 e. The van der Waals surface area contributed by atoms with Crippen LogP contribution in [-0.2, 0) is 14.3 Å². The van der Waals surface area contributed by atoms with E-state index in [1.165, 1.54) is 0 Å². The predicted octanol–water partition coefficient (Wildman–Crippen LogP) is 3.23. The van der Waals surface area contributed by atoms with Crippen molar-refractivity contribution >= 4 is 22.9 Å². The van der Waals surface area contributed by atoms with Crippen molar-refractivity contribution in [3.63, 3.8) is 0 Å². The third-order valence-electron chi connectivity index (χ3n) is 4.20. The van der Waals surface area contributed by atoms with Crippen LogP contribution in [0.5, 0.6) is 5.75 Å². The van der Waals surface area contributed by atoms with Crippen LogP contribution in [0.3, 0.4) is 0 Å². The first kappa shape index (κ1) is 18.4. The lowest BCUT2D eigenvalue weighted by atomic mass is 10.0. The van der Waals surface area contributed by atoms with Crippen molar-refractivity contribution in [2.75, 3.05) is 19.8 Å². The van der Waals surface area contributed by atoms with E-state index in [1.807, 2.05) is 43.3 Å². The summed E-state index contributed by atoms with van der Waals surface area (Å²) >= 11 is 0. The fourth-order valence-corrected chi connectivity index (χ4v) is 2.97. The minimum Gasteiger partial charge on any atom is -0.493 e. The van der Waals surface area contributed by atoms with Crippen molar-refractivity contribution in [1.82, 2.24) is 5.43 Å². The second-order valence-corrected chi connectivity index (χ2v) is 6.29. The largest absolute Gasteiger partial charge is 0.493 e. The summed E-state index contributed by atoms with van der Waals surface area (Å²) in [6.45, 7) is 5.45. The van der Waals surface area contributed by atoms with Crippen LogP contribution in [-0.4, -0.2) is 37.7 Å². The lowest BCUT2D eigenvalue weighted by Crippen LogP contribution is -2.41. The molecular weight excluding hydrogens is 332 g/mol. The Bertz CT molecular complexity index is 797. The van der Waals surface area contributed by atoms with Gasteiger partial charge in [0.05, 0.1) is 32.5 Å². The number of carbonyl (C=O) groups is 1. The number of benzene rings is 2. The van der Waals surface area contributed by atoms with Crippen LogP contribution >= 0.6 is 0 Å². The van der Waals surface area contributed by atoms with E-state index in [-0.39, 0.29) is 12.3 Å². The molecule has 0 radical (unpaired) electrons. The molecule has 0 spiro atoms. The van der Waals surface area contributed by atoms with Crippen LogP contribution in [0.15, 0.2) is 41.5 Å². The molecule has 1 aliphatic heterocycles. The molecule has 138 valence electrons. The number of nitrogens with one attached hydrogen (secondary N) is 1. The fourth-order valence-electron chi connectivity index (χ4n) is 2.97. The molecule has 26 heavy (non-hydrogen) atoms. The van der Waals surface area contributed by atoms with Crippen LogP contribution in [0.4, 0.5) is 0 Å². The van der Waals surface area contributed by atoms with Gasteiger partial charge in [0.15, 0.2) is 5.79 Å². The van der Waals surface area contributed by atoms with Gasteiger partial charge in [-0.05, 0) is 37.1 Å². The molecule has 1 heterocycles. The molecule has 1 fully saturated rings. The third-order valence-corrected chi connectivity index (χ3v) is 4.20. The third kappa shape index (κ3) is 4.39. The number of ether oxygens (including phenoxy) is 3. The molecule has 3 rings (SSSR count). The fraction of sp³-hybridized carbons (Fsp3) is 0.400. The molecule has 6 heteroatoms. The maximum absolute atomic E-state index is 12.2. The van der Waals surface area contributed by atoms with Crippen molar-refractivity contribution in [1.29, 1.82) is 0 Å². The highest BCUT2D eigenvalue weighted by molar-refractivity contribution is 6.02. The Morgan fingerprint density at radius 3 is 2.81 bits per heavy atom. The van der Waals surface area contributed by atoms with Gasteiger partial charge in [-0.1, -0.05) is 30.3 Å². The van der Waals surface area contributed by atoms with E-state index in [2.05, 4.69) is 10.5 Å². The summed E-state index contributed by atoms with van der Waals surface area (Å²) in [5.41, 5.74) is 3.39. The van der Waals surface area contributed by atoms with E-state index in [0.29, 0.717) is 19.8 Å². The zero-order chi connectivity index (χ0) is 18.4. The Morgan fingerprint density at radius 1 is 1.27 bits per heavy atom. The van der Waals surface area contributed by atoms with Gasteiger partial charge in [0.1, 0.15) is 5.75 Å². The molecule has 1 amide bonds. The van der Waals surface area contributed by atoms with Crippen molar-refractivity contribution in [2.24, 2.45) is 5.10 Å². The van der Waals surface area contributed by atoms with Gasteiger partial charge >= 0.3 is 0 Å². The molecule has 0 aromatic heterocycles. The molecule has 0 saturated carbocycles. The zero-order valence-electron chi connectivity index (χ0n) is 15.2. The van der Waals surface area contributed by atoms with Gasteiger partial charge in [0.2, 0.25) is 5.91 Å². The molecule has 1 saturated heterocycles. The summed E-state index contributed by atoms with van der Waals surface area (Å²) in [6.07, 6.45) is 2.56. The van der Waals surface area contributed by atoms with Gasteiger partial charge < -0.3 is 14.2 Å². The van der Waals surface area contributed by atoms with Crippen molar-refractivity contribution in [3.05, 3.63) is 42.0 Å². The minimum absolute atomic E-state index is 0.0954. The quantitative estimate of drug-likeness (QED) is 0.637. The predicted molar refractivity (Wildman–Crippen MR) is 100 cm³/mol. The summed E-state index contributed by atoms with van der Waals surface area (Å²) in [5, 5.41) is 6.22. The normalized spacial score (nSPS) is 16.7. The van der Waals surface area contributed by atoms with Gasteiger partial charge in [0.25, 0.3) is 0 Å². The summed E-state index contributed by atoms with van der Waals surface area (Å²) < 4.78 is 16.8. The average molecular weight is 356 g/mol. The van der Waals surface area contributed by atoms with Crippen molar-refractivity contribution in [2.45, 2.75) is 32.5 Å². The van der Waals surface area contributed by atoms with Gasteiger partial charge in [-0.3, -0.25) is 4.79 Å². The highest BCUT2D eigenvalue weighted by Gasteiger charge is 2.31. The molecular formula is C20H24N2O4. The molecule has 0 unspecified atom stereocenters. The Balaban J connectivity index is 1.73. The lowest BCUT2D eigenvalue weighted by molar-refractivity contribution is -0.256. The first-order valence-corrected chi connectivity index (χ1v) is 8.86. The molecule has 2 aromatic rings. The summed E-state index contributed by atoms with van der Waals surface area (Å²) in [4.78, 5) is 12.2. The molecule has 0 aliphatic carbocycles. The highest BCUT2D eigenvalue weighted by atomic mass is 16.7. The first-order chi connectivity index (χ1) is 12.6. The van der Waals surface area contributed by atoms with Crippen LogP contribution in [0.25, 0.3) is 10.8 Å². The van der Waals surface area contributed by atoms with Gasteiger partial charge in [-0.2, -0.15) is 5.10 Å². The number of rotatable bonds is 6. The van der Waals surface area contributed by atoms with Crippen molar-refractivity contribution < 1.29 is 19.0 Å². The van der Waals surface area contributed by atoms with Crippen LogP contribution in [0.2, 0.25) is 0 Å².